The third-order valence-corrected chi connectivity index (χ3v) is 2.00. The average molecular weight is 210 g/mol. The fourth-order valence-corrected chi connectivity index (χ4v) is 1.20. The lowest BCUT2D eigenvalue weighted by molar-refractivity contribution is 0.277. The third kappa shape index (κ3) is 1.76. The van der Waals surface area contributed by atoms with Crippen molar-refractivity contribution in [3.63, 3.8) is 0 Å². The molecule has 0 aliphatic rings. The Hall–Kier alpha value is -1.39. The molecule has 4 nitrogen and oxygen atoms in total. The van der Waals surface area contributed by atoms with Crippen LogP contribution < -0.4 is 0 Å². The van der Waals surface area contributed by atoms with Crippen LogP contribution in [0.2, 0.25) is 5.02 Å². The molecule has 0 amide bonds. The van der Waals surface area contributed by atoms with E-state index in [4.69, 9.17) is 16.7 Å². The summed E-state index contributed by atoms with van der Waals surface area (Å²) in [5, 5.41) is 9.42. The Kier molecular flexibility index (Phi) is 2.47. The van der Waals surface area contributed by atoms with Crippen LogP contribution in [0.25, 0.3) is 5.82 Å². The van der Waals surface area contributed by atoms with Gasteiger partial charge in [-0.3, -0.25) is 4.57 Å². The molecule has 0 saturated carbocycles. The van der Waals surface area contributed by atoms with E-state index in [0.29, 0.717) is 10.7 Å². The summed E-state index contributed by atoms with van der Waals surface area (Å²) in [5.41, 5.74) is 0.613. The van der Waals surface area contributed by atoms with E-state index < -0.39 is 0 Å². The van der Waals surface area contributed by atoms with Gasteiger partial charge in [-0.1, -0.05) is 11.6 Å². The summed E-state index contributed by atoms with van der Waals surface area (Å²) in [6.07, 6.45) is 4.88. The number of hydrogen-bond acceptors (Lipinski definition) is 3. The minimum absolute atomic E-state index is 0.0689. The molecule has 0 spiro atoms. The van der Waals surface area contributed by atoms with Crippen LogP contribution in [-0.4, -0.2) is 19.6 Å². The Morgan fingerprint density at radius 3 is 2.79 bits per heavy atom. The lowest BCUT2D eigenvalue weighted by Gasteiger charge is -1.99. The smallest absolute Gasteiger partial charge is 0.137 e. The molecule has 2 rings (SSSR count). The van der Waals surface area contributed by atoms with Gasteiger partial charge < -0.3 is 5.11 Å². The molecule has 0 aromatic carbocycles. The summed E-state index contributed by atoms with van der Waals surface area (Å²) in [7, 11) is 0. The summed E-state index contributed by atoms with van der Waals surface area (Å²) in [6, 6.07) is 3.54. The van der Waals surface area contributed by atoms with Crippen molar-refractivity contribution in [3.8, 4) is 5.82 Å². The first-order chi connectivity index (χ1) is 6.79. The molecule has 5 heteroatoms. The van der Waals surface area contributed by atoms with E-state index in [-0.39, 0.29) is 6.61 Å². The van der Waals surface area contributed by atoms with E-state index in [2.05, 4.69) is 9.97 Å². The third-order valence-electron chi connectivity index (χ3n) is 1.77. The van der Waals surface area contributed by atoms with Crippen molar-refractivity contribution >= 4 is 11.6 Å². The molecule has 72 valence electrons. The van der Waals surface area contributed by atoms with Gasteiger partial charge >= 0.3 is 0 Å². The maximum atomic E-state index is 8.82. The van der Waals surface area contributed by atoms with Gasteiger partial charge in [0.15, 0.2) is 0 Å². The van der Waals surface area contributed by atoms with Gasteiger partial charge in [-0.25, -0.2) is 9.97 Å². The molecular weight excluding hydrogens is 202 g/mol. The van der Waals surface area contributed by atoms with Gasteiger partial charge in [0.2, 0.25) is 0 Å². The van der Waals surface area contributed by atoms with E-state index in [1.807, 2.05) is 0 Å². The lowest BCUT2D eigenvalue weighted by atomic mass is 10.4. The normalized spacial score (nSPS) is 10.4. The van der Waals surface area contributed by atoms with E-state index in [0.717, 1.165) is 5.82 Å². The maximum absolute atomic E-state index is 8.82. The largest absolute Gasteiger partial charge is 0.390 e. The summed E-state index contributed by atoms with van der Waals surface area (Å²) in [5.74, 6) is 0.724. The van der Waals surface area contributed by atoms with Crippen molar-refractivity contribution in [2.24, 2.45) is 0 Å². The molecule has 14 heavy (non-hydrogen) atoms. The second-order valence-electron chi connectivity index (χ2n) is 2.77. The first-order valence-electron chi connectivity index (χ1n) is 4.05. The Morgan fingerprint density at radius 2 is 2.21 bits per heavy atom. The van der Waals surface area contributed by atoms with Crippen LogP contribution in [0.1, 0.15) is 5.69 Å². The Bertz CT molecular complexity index is 424. The van der Waals surface area contributed by atoms with Crippen molar-refractivity contribution in [2.45, 2.75) is 6.61 Å². The number of nitrogens with zero attached hydrogens (tertiary/aromatic N) is 3. The van der Waals surface area contributed by atoms with Gasteiger partial charge in [0.05, 0.1) is 17.3 Å². The zero-order valence-electron chi connectivity index (χ0n) is 7.26. The van der Waals surface area contributed by atoms with Crippen molar-refractivity contribution in [3.05, 3.63) is 41.6 Å². The maximum Gasteiger partial charge on any atom is 0.137 e. The van der Waals surface area contributed by atoms with Crippen LogP contribution in [-0.2, 0) is 6.61 Å². The molecule has 2 heterocycles. The molecule has 0 saturated heterocycles. The molecule has 2 aromatic heterocycles. The van der Waals surface area contributed by atoms with Crippen LogP contribution >= 0.6 is 11.6 Å². The second kappa shape index (κ2) is 3.77. The summed E-state index contributed by atoms with van der Waals surface area (Å²) in [4.78, 5) is 8.08. The standard InChI is InChI=1S/C9H8ClN3O/c10-7-1-2-9(11-3-7)13-4-8(5-14)12-6-13/h1-4,6,14H,5H2. The van der Waals surface area contributed by atoms with Gasteiger partial charge in [0.1, 0.15) is 12.1 Å². The topological polar surface area (TPSA) is 50.9 Å². The van der Waals surface area contributed by atoms with Crippen molar-refractivity contribution < 1.29 is 5.11 Å². The first-order valence-corrected chi connectivity index (χ1v) is 4.43. The van der Waals surface area contributed by atoms with Gasteiger partial charge in [-0.05, 0) is 12.1 Å². The lowest BCUT2D eigenvalue weighted by Crippen LogP contribution is -1.92. The summed E-state index contributed by atoms with van der Waals surface area (Å²) < 4.78 is 1.72. The monoisotopic (exact) mass is 209 g/mol. The first kappa shape index (κ1) is 9.18. The van der Waals surface area contributed by atoms with Gasteiger partial charge in [-0.15, -0.1) is 0 Å². The quantitative estimate of drug-likeness (QED) is 0.814. The van der Waals surface area contributed by atoms with E-state index in [1.54, 1.807) is 35.4 Å². The van der Waals surface area contributed by atoms with Crippen molar-refractivity contribution in [2.75, 3.05) is 0 Å². The number of hydrogen-bond donors (Lipinski definition) is 1. The average Bonchev–Trinajstić information content (AvgIpc) is 2.67. The van der Waals surface area contributed by atoms with Gasteiger partial charge in [0.25, 0.3) is 0 Å². The number of aliphatic hydroxyl groups is 1. The highest BCUT2D eigenvalue weighted by atomic mass is 35.5. The minimum atomic E-state index is -0.0689. The highest BCUT2D eigenvalue weighted by molar-refractivity contribution is 6.30. The molecule has 0 bridgehead atoms. The number of rotatable bonds is 2. The Morgan fingerprint density at radius 1 is 1.36 bits per heavy atom. The molecule has 0 aliphatic carbocycles. The van der Waals surface area contributed by atoms with Crippen molar-refractivity contribution in [1.29, 1.82) is 0 Å². The van der Waals surface area contributed by atoms with Crippen LogP contribution in [0.3, 0.4) is 0 Å². The fourth-order valence-electron chi connectivity index (χ4n) is 1.09. The molecular formula is C9H8ClN3O. The fraction of sp³-hybridized carbons (Fsp3) is 0.111. The second-order valence-corrected chi connectivity index (χ2v) is 3.20. The molecule has 0 aliphatic heterocycles. The highest BCUT2D eigenvalue weighted by Gasteiger charge is 2.00. The molecule has 0 fully saturated rings. The number of pyridine rings is 1. The van der Waals surface area contributed by atoms with Crippen LogP contribution in [0, 0.1) is 0 Å². The summed E-state index contributed by atoms with van der Waals surface area (Å²) >= 11 is 5.70. The minimum Gasteiger partial charge on any atom is -0.390 e. The molecule has 2 aromatic rings. The van der Waals surface area contributed by atoms with Crippen LogP contribution in [0.4, 0.5) is 0 Å². The Balaban J connectivity index is 2.34. The van der Waals surface area contributed by atoms with Crippen molar-refractivity contribution in [1.82, 2.24) is 14.5 Å². The van der Waals surface area contributed by atoms with Gasteiger partial charge in [-0.2, -0.15) is 0 Å². The predicted molar refractivity (Wildman–Crippen MR) is 52.3 cm³/mol. The van der Waals surface area contributed by atoms with Crippen LogP contribution in [0.15, 0.2) is 30.9 Å². The summed E-state index contributed by atoms with van der Waals surface area (Å²) in [6.45, 7) is -0.0689. The predicted octanol–water partition coefficient (Wildman–Crippen LogP) is 1.41. The SMILES string of the molecule is OCc1cn(-c2ccc(Cl)cn2)cn1. The highest BCUT2D eigenvalue weighted by Crippen LogP contribution is 2.10. The zero-order valence-corrected chi connectivity index (χ0v) is 8.02. The number of imidazole rings is 1. The molecule has 0 radical (unpaired) electrons. The number of halogens is 1. The zero-order chi connectivity index (χ0) is 9.97. The van der Waals surface area contributed by atoms with E-state index in [9.17, 15) is 0 Å². The van der Waals surface area contributed by atoms with E-state index in [1.165, 1.54) is 0 Å². The van der Waals surface area contributed by atoms with E-state index >= 15 is 0 Å². The molecule has 1 N–H and O–H groups in total. The molecule has 0 atom stereocenters. The van der Waals surface area contributed by atoms with Crippen LogP contribution in [0.5, 0.6) is 0 Å². The van der Waals surface area contributed by atoms with Gasteiger partial charge in [0, 0.05) is 12.4 Å². The number of aromatic nitrogens is 3. The Labute approximate surface area is 85.8 Å². The molecule has 0 unspecified atom stereocenters. The number of aliphatic hydroxyl groups excluding tert-OH is 1.